The number of carbonyl (C=O) groups is 2. The molecule has 2 aromatic heterocycles. The lowest BCUT2D eigenvalue weighted by Crippen LogP contribution is -2.41. The van der Waals surface area contributed by atoms with Crippen LogP contribution < -0.4 is 0 Å². The summed E-state index contributed by atoms with van der Waals surface area (Å²) in [4.78, 5) is 36.3. The van der Waals surface area contributed by atoms with Gasteiger partial charge >= 0.3 is 0 Å². The molecule has 2 aromatic carbocycles. The van der Waals surface area contributed by atoms with E-state index in [0.717, 1.165) is 48.9 Å². The number of amides is 2. The summed E-state index contributed by atoms with van der Waals surface area (Å²) >= 11 is 0. The molecule has 6 heteroatoms. The number of para-hydroxylation sites is 2. The van der Waals surface area contributed by atoms with Gasteiger partial charge in [0.1, 0.15) is 0 Å². The minimum atomic E-state index is -0.374. The average molecular weight is 441 g/mol. The van der Waals surface area contributed by atoms with Gasteiger partial charge in [0, 0.05) is 53.7 Å². The van der Waals surface area contributed by atoms with Gasteiger partial charge in [0.25, 0.3) is 0 Å². The molecule has 2 fully saturated rings. The standard InChI is InChI=1S/C27H28N4O2/c32-26-15-21(23-17-29-25-8-4-2-6-20(23)25)27(33)31(26)14-13-30-11-9-18(10-12-30)22-16-28-24-7-3-1-5-19(22)24/h1-8,16-18,21,28-29H,9-15H2. The molecule has 2 aliphatic rings. The van der Waals surface area contributed by atoms with Crippen molar-refractivity contribution in [3.63, 3.8) is 0 Å². The van der Waals surface area contributed by atoms with Gasteiger partial charge in [0.2, 0.25) is 11.8 Å². The van der Waals surface area contributed by atoms with Gasteiger partial charge in [-0.15, -0.1) is 0 Å². The van der Waals surface area contributed by atoms with Crippen LogP contribution in [0.4, 0.5) is 0 Å². The number of aromatic amines is 2. The molecular weight excluding hydrogens is 412 g/mol. The Morgan fingerprint density at radius 1 is 0.788 bits per heavy atom. The van der Waals surface area contributed by atoms with Crippen molar-refractivity contribution in [2.45, 2.75) is 31.1 Å². The number of carbonyl (C=O) groups excluding carboxylic acids is 2. The van der Waals surface area contributed by atoms with Crippen LogP contribution in [-0.2, 0) is 9.59 Å². The van der Waals surface area contributed by atoms with Gasteiger partial charge in [-0.25, -0.2) is 0 Å². The van der Waals surface area contributed by atoms with E-state index in [1.807, 2.05) is 30.5 Å². The number of hydrogen-bond donors (Lipinski definition) is 2. The molecule has 0 bridgehead atoms. The molecule has 0 radical (unpaired) electrons. The lowest BCUT2D eigenvalue weighted by atomic mass is 9.89. The van der Waals surface area contributed by atoms with Crippen molar-refractivity contribution in [3.8, 4) is 0 Å². The normalized spacial score (nSPS) is 20.5. The van der Waals surface area contributed by atoms with E-state index in [0.29, 0.717) is 12.5 Å². The van der Waals surface area contributed by atoms with Crippen molar-refractivity contribution >= 4 is 33.6 Å². The van der Waals surface area contributed by atoms with E-state index in [2.05, 4.69) is 45.3 Å². The summed E-state index contributed by atoms with van der Waals surface area (Å²) in [5.41, 5.74) is 4.55. The number of nitrogens with zero attached hydrogens (tertiary/aromatic N) is 2. The van der Waals surface area contributed by atoms with Gasteiger partial charge in [0.05, 0.1) is 5.92 Å². The van der Waals surface area contributed by atoms with Crippen molar-refractivity contribution in [1.82, 2.24) is 19.8 Å². The fourth-order valence-electron chi connectivity index (χ4n) is 5.68. The predicted octanol–water partition coefficient (Wildman–Crippen LogP) is 4.37. The Kier molecular flexibility index (Phi) is 5.03. The first-order valence-corrected chi connectivity index (χ1v) is 11.9. The molecule has 1 atom stereocenters. The highest BCUT2D eigenvalue weighted by atomic mass is 16.2. The summed E-state index contributed by atoms with van der Waals surface area (Å²) in [7, 11) is 0. The highest BCUT2D eigenvalue weighted by Gasteiger charge is 2.40. The number of nitrogens with one attached hydrogen (secondary N) is 2. The van der Waals surface area contributed by atoms with Gasteiger partial charge in [-0.1, -0.05) is 36.4 Å². The lowest BCUT2D eigenvalue weighted by molar-refractivity contribution is -0.138. The number of H-pyrrole nitrogens is 2. The van der Waals surface area contributed by atoms with E-state index in [-0.39, 0.29) is 24.2 Å². The Hall–Kier alpha value is -3.38. The van der Waals surface area contributed by atoms with E-state index in [4.69, 9.17) is 0 Å². The third kappa shape index (κ3) is 3.55. The van der Waals surface area contributed by atoms with Gasteiger partial charge < -0.3 is 14.9 Å². The second kappa shape index (κ2) is 8.19. The first-order chi connectivity index (χ1) is 16.2. The van der Waals surface area contributed by atoms with Crippen LogP contribution in [0.15, 0.2) is 60.9 Å². The molecule has 0 spiro atoms. The number of benzene rings is 2. The average Bonchev–Trinajstić information content (AvgIpc) is 3.54. The maximum absolute atomic E-state index is 13.1. The molecule has 6 nitrogen and oxygen atoms in total. The Morgan fingerprint density at radius 3 is 2.09 bits per heavy atom. The van der Waals surface area contributed by atoms with Crippen LogP contribution in [0.25, 0.3) is 21.8 Å². The van der Waals surface area contributed by atoms with Crippen molar-refractivity contribution in [2.75, 3.05) is 26.2 Å². The Morgan fingerprint density at radius 2 is 1.39 bits per heavy atom. The summed E-state index contributed by atoms with van der Waals surface area (Å²) in [6.07, 6.45) is 6.52. The molecule has 4 heterocycles. The third-order valence-corrected chi connectivity index (χ3v) is 7.53. The van der Waals surface area contributed by atoms with Crippen LogP contribution in [0, 0.1) is 0 Å². The zero-order valence-corrected chi connectivity index (χ0v) is 18.6. The third-order valence-electron chi connectivity index (χ3n) is 7.53. The Labute approximate surface area is 192 Å². The molecule has 1 unspecified atom stereocenters. The highest BCUT2D eigenvalue weighted by Crippen LogP contribution is 2.35. The van der Waals surface area contributed by atoms with E-state index >= 15 is 0 Å². The lowest BCUT2D eigenvalue weighted by Gasteiger charge is -2.32. The second-order valence-corrected chi connectivity index (χ2v) is 9.34. The summed E-state index contributed by atoms with van der Waals surface area (Å²) in [6, 6.07) is 16.4. The largest absolute Gasteiger partial charge is 0.361 e. The molecule has 0 aliphatic carbocycles. The van der Waals surface area contributed by atoms with Crippen LogP contribution >= 0.6 is 0 Å². The number of aromatic nitrogens is 2. The zero-order valence-electron chi connectivity index (χ0n) is 18.6. The molecule has 168 valence electrons. The van der Waals surface area contributed by atoms with Gasteiger partial charge in [-0.05, 0) is 55.1 Å². The van der Waals surface area contributed by atoms with Gasteiger partial charge in [-0.3, -0.25) is 14.5 Å². The number of imide groups is 1. The van der Waals surface area contributed by atoms with E-state index in [1.54, 1.807) is 0 Å². The Balaban J connectivity index is 1.08. The van der Waals surface area contributed by atoms with Gasteiger partial charge in [0.15, 0.2) is 0 Å². The first-order valence-electron chi connectivity index (χ1n) is 11.9. The Bertz CT molecular complexity index is 1330. The molecular formula is C27H28N4O2. The molecule has 2 N–H and O–H groups in total. The smallest absolute Gasteiger partial charge is 0.237 e. The minimum Gasteiger partial charge on any atom is -0.361 e. The number of likely N-dealkylation sites (tertiary alicyclic amines) is 2. The van der Waals surface area contributed by atoms with E-state index in [1.165, 1.54) is 21.4 Å². The predicted molar refractivity (Wildman–Crippen MR) is 129 cm³/mol. The summed E-state index contributed by atoms with van der Waals surface area (Å²) in [6.45, 7) is 3.21. The summed E-state index contributed by atoms with van der Waals surface area (Å²) in [5.74, 6) is 0.0716. The fraction of sp³-hybridized carbons (Fsp3) is 0.333. The van der Waals surface area contributed by atoms with Crippen molar-refractivity contribution < 1.29 is 9.59 Å². The monoisotopic (exact) mass is 440 g/mol. The zero-order chi connectivity index (χ0) is 22.4. The topological polar surface area (TPSA) is 72.2 Å². The number of piperidine rings is 1. The van der Waals surface area contributed by atoms with Crippen LogP contribution in [0.2, 0.25) is 0 Å². The van der Waals surface area contributed by atoms with Crippen molar-refractivity contribution in [1.29, 1.82) is 0 Å². The van der Waals surface area contributed by atoms with Gasteiger partial charge in [-0.2, -0.15) is 0 Å². The highest BCUT2D eigenvalue weighted by molar-refractivity contribution is 6.08. The first kappa shape index (κ1) is 20.2. The van der Waals surface area contributed by atoms with Crippen LogP contribution in [0.5, 0.6) is 0 Å². The molecule has 0 saturated carbocycles. The molecule has 2 amide bonds. The summed E-state index contributed by atoms with van der Waals surface area (Å²) < 4.78 is 0. The SMILES string of the molecule is O=C1CC(c2c[nH]c3ccccc23)C(=O)N1CCN1CCC(c2c[nH]c3ccccc23)CC1. The summed E-state index contributed by atoms with van der Waals surface area (Å²) in [5, 5.41) is 2.36. The molecule has 33 heavy (non-hydrogen) atoms. The van der Waals surface area contributed by atoms with Crippen LogP contribution in [-0.4, -0.2) is 57.8 Å². The number of rotatable bonds is 5. The van der Waals surface area contributed by atoms with Crippen LogP contribution in [0.1, 0.15) is 42.2 Å². The van der Waals surface area contributed by atoms with E-state index in [9.17, 15) is 9.59 Å². The van der Waals surface area contributed by atoms with E-state index < -0.39 is 0 Å². The number of hydrogen-bond acceptors (Lipinski definition) is 3. The minimum absolute atomic E-state index is 0.0519. The fourth-order valence-corrected chi connectivity index (χ4v) is 5.68. The number of fused-ring (bicyclic) bond motifs is 2. The molecule has 2 saturated heterocycles. The molecule has 6 rings (SSSR count). The maximum Gasteiger partial charge on any atom is 0.237 e. The van der Waals surface area contributed by atoms with Crippen molar-refractivity contribution in [2.24, 2.45) is 0 Å². The molecule has 2 aliphatic heterocycles. The van der Waals surface area contributed by atoms with Crippen LogP contribution in [0.3, 0.4) is 0 Å². The quantitative estimate of drug-likeness (QED) is 0.453. The van der Waals surface area contributed by atoms with Crippen molar-refractivity contribution in [3.05, 3.63) is 72.1 Å². The second-order valence-electron chi connectivity index (χ2n) is 9.34. The molecule has 4 aromatic rings. The maximum atomic E-state index is 13.1.